The van der Waals surface area contributed by atoms with Crippen molar-refractivity contribution >= 4 is 33.2 Å². The normalized spacial score (nSPS) is 15.6. The van der Waals surface area contributed by atoms with E-state index in [4.69, 9.17) is 16.3 Å². The summed E-state index contributed by atoms with van der Waals surface area (Å²) in [7, 11) is 1.68. The molecule has 1 atom stereocenters. The van der Waals surface area contributed by atoms with Gasteiger partial charge in [-0.25, -0.2) is 0 Å². The number of benzene rings is 2. The van der Waals surface area contributed by atoms with E-state index in [1.165, 1.54) is 18.4 Å². The number of rotatable bonds is 5. The van der Waals surface area contributed by atoms with Crippen molar-refractivity contribution in [1.29, 1.82) is 0 Å². The molecule has 2 nitrogen and oxygen atoms in total. The minimum absolute atomic E-state index is 0.327. The summed E-state index contributed by atoms with van der Waals surface area (Å²) in [5.41, 5.74) is 2.35. The quantitative estimate of drug-likeness (QED) is 0.735. The van der Waals surface area contributed by atoms with Crippen molar-refractivity contribution in [2.24, 2.45) is 5.92 Å². The zero-order valence-electron chi connectivity index (χ0n) is 11.8. The molecule has 110 valence electrons. The van der Waals surface area contributed by atoms with Gasteiger partial charge in [0, 0.05) is 16.8 Å². The first-order chi connectivity index (χ1) is 10.2. The van der Waals surface area contributed by atoms with Crippen molar-refractivity contribution < 1.29 is 4.74 Å². The summed E-state index contributed by atoms with van der Waals surface area (Å²) in [5.74, 6) is 1.53. The molecule has 0 aromatic heterocycles. The van der Waals surface area contributed by atoms with Crippen LogP contribution in [-0.2, 0) is 0 Å². The van der Waals surface area contributed by atoms with Crippen LogP contribution < -0.4 is 10.1 Å². The van der Waals surface area contributed by atoms with Gasteiger partial charge in [0.15, 0.2) is 0 Å². The average Bonchev–Trinajstić information content (AvgIpc) is 3.32. The lowest BCUT2D eigenvalue weighted by Crippen LogP contribution is -2.12. The van der Waals surface area contributed by atoms with Gasteiger partial charge in [-0.05, 0) is 64.5 Å². The summed E-state index contributed by atoms with van der Waals surface area (Å²) in [6.45, 7) is 0. The smallest absolute Gasteiger partial charge is 0.135 e. The van der Waals surface area contributed by atoms with Crippen molar-refractivity contribution in [3.63, 3.8) is 0 Å². The molecule has 1 aliphatic carbocycles. The lowest BCUT2D eigenvalue weighted by molar-refractivity contribution is 0.412. The fourth-order valence-corrected chi connectivity index (χ4v) is 3.04. The van der Waals surface area contributed by atoms with Crippen molar-refractivity contribution in [3.8, 4) is 5.75 Å². The van der Waals surface area contributed by atoms with Gasteiger partial charge in [0.05, 0.1) is 17.6 Å². The highest BCUT2D eigenvalue weighted by atomic mass is 79.9. The summed E-state index contributed by atoms with van der Waals surface area (Å²) in [5, 5.41) is 4.41. The van der Waals surface area contributed by atoms with Gasteiger partial charge in [-0.15, -0.1) is 0 Å². The molecule has 0 radical (unpaired) electrons. The molecule has 1 saturated carbocycles. The Morgan fingerprint density at radius 2 is 1.90 bits per heavy atom. The molecule has 0 amide bonds. The Bertz CT molecular complexity index is 625. The molecule has 3 rings (SSSR count). The number of ether oxygens (including phenoxy) is 1. The Morgan fingerprint density at radius 3 is 2.52 bits per heavy atom. The van der Waals surface area contributed by atoms with Crippen molar-refractivity contribution in [1.82, 2.24) is 0 Å². The lowest BCUT2D eigenvalue weighted by Gasteiger charge is -2.21. The third kappa shape index (κ3) is 3.53. The summed E-state index contributed by atoms with van der Waals surface area (Å²) in [6, 6.07) is 14.5. The second-order valence-electron chi connectivity index (χ2n) is 5.36. The molecule has 1 aliphatic rings. The van der Waals surface area contributed by atoms with Crippen molar-refractivity contribution in [2.45, 2.75) is 18.9 Å². The van der Waals surface area contributed by atoms with E-state index in [0.717, 1.165) is 20.9 Å². The molecule has 1 N–H and O–H groups in total. The Kier molecular flexibility index (Phi) is 4.41. The van der Waals surface area contributed by atoms with Crippen molar-refractivity contribution in [3.05, 3.63) is 57.5 Å². The van der Waals surface area contributed by atoms with E-state index in [1.807, 2.05) is 24.3 Å². The largest absolute Gasteiger partial charge is 0.495 e. The molecular weight excluding hydrogens is 350 g/mol. The van der Waals surface area contributed by atoms with Crippen LogP contribution in [0.4, 0.5) is 5.69 Å². The third-order valence-electron chi connectivity index (χ3n) is 3.80. The molecule has 0 saturated heterocycles. The fourth-order valence-electron chi connectivity index (χ4n) is 2.50. The first kappa shape index (κ1) is 14.7. The van der Waals surface area contributed by atoms with E-state index in [0.29, 0.717) is 12.0 Å². The molecule has 21 heavy (non-hydrogen) atoms. The predicted molar refractivity (Wildman–Crippen MR) is 91.2 cm³/mol. The van der Waals surface area contributed by atoms with Crippen LogP contribution >= 0.6 is 27.5 Å². The van der Waals surface area contributed by atoms with Crippen LogP contribution in [0.25, 0.3) is 0 Å². The minimum atomic E-state index is 0.327. The zero-order chi connectivity index (χ0) is 14.8. The molecule has 2 aromatic carbocycles. The van der Waals surface area contributed by atoms with Crippen LogP contribution in [0.5, 0.6) is 5.75 Å². The molecular formula is C17H17BrClNO. The predicted octanol–water partition coefficient (Wildman–Crippen LogP) is 5.67. The highest BCUT2D eigenvalue weighted by Crippen LogP contribution is 2.43. The van der Waals surface area contributed by atoms with E-state index in [1.54, 1.807) is 7.11 Å². The van der Waals surface area contributed by atoms with E-state index >= 15 is 0 Å². The monoisotopic (exact) mass is 365 g/mol. The highest BCUT2D eigenvalue weighted by molar-refractivity contribution is 9.10. The van der Waals surface area contributed by atoms with Crippen LogP contribution in [0.15, 0.2) is 46.9 Å². The Balaban J connectivity index is 1.84. The topological polar surface area (TPSA) is 21.3 Å². The number of anilines is 1. The van der Waals surface area contributed by atoms with Gasteiger partial charge in [-0.3, -0.25) is 0 Å². The number of methoxy groups -OCH3 is 1. The van der Waals surface area contributed by atoms with Crippen LogP contribution in [0.2, 0.25) is 5.02 Å². The Morgan fingerprint density at radius 1 is 1.19 bits per heavy atom. The molecule has 1 unspecified atom stereocenters. The Labute approximate surface area is 138 Å². The number of nitrogens with one attached hydrogen (secondary N) is 1. The van der Waals surface area contributed by atoms with E-state index < -0.39 is 0 Å². The average molecular weight is 367 g/mol. The van der Waals surface area contributed by atoms with E-state index in [9.17, 15) is 0 Å². The lowest BCUT2D eigenvalue weighted by atomic mass is 10.0. The molecule has 4 heteroatoms. The van der Waals surface area contributed by atoms with Gasteiger partial charge in [0.2, 0.25) is 0 Å². The maximum Gasteiger partial charge on any atom is 0.135 e. The number of hydrogen-bond donors (Lipinski definition) is 1. The van der Waals surface area contributed by atoms with Gasteiger partial charge in [-0.2, -0.15) is 0 Å². The van der Waals surface area contributed by atoms with E-state index in [2.05, 4.69) is 39.4 Å². The second-order valence-corrected chi connectivity index (χ2v) is 6.65. The van der Waals surface area contributed by atoms with Gasteiger partial charge >= 0.3 is 0 Å². The molecule has 0 aliphatic heterocycles. The van der Waals surface area contributed by atoms with E-state index in [-0.39, 0.29) is 0 Å². The maximum absolute atomic E-state index is 5.99. The summed E-state index contributed by atoms with van der Waals surface area (Å²) in [6.07, 6.45) is 2.54. The molecule has 1 fully saturated rings. The number of hydrogen-bond acceptors (Lipinski definition) is 2. The van der Waals surface area contributed by atoms with Crippen LogP contribution in [0.1, 0.15) is 24.4 Å². The second kappa shape index (κ2) is 6.29. The number of halogens is 2. The summed E-state index contributed by atoms with van der Waals surface area (Å²) < 4.78 is 6.32. The van der Waals surface area contributed by atoms with Gasteiger partial charge in [-0.1, -0.05) is 23.7 Å². The minimum Gasteiger partial charge on any atom is -0.495 e. The van der Waals surface area contributed by atoms with Gasteiger partial charge in [0.25, 0.3) is 0 Å². The van der Waals surface area contributed by atoms with Crippen LogP contribution in [0, 0.1) is 5.92 Å². The molecule has 0 spiro atoms. The zero-order valence-corrected chi connectivity index (χ0v) is 14.1. The molecule has 0 bridgehead atoms. The third-order valence-corrected chi connectivity index (χ3v) is 4.70. The maximum atomic E-state index is 5.99. The SMILES string of the molecule is COc1cc(NC(c2ccc(Cl)cc2)C2CC2)ccc1Br. The Hall–Kier alpha value is -1.19. The first-order valence-corrected chi connectivity index (χ1v) is 8.20. The molecule has 0 heterocycles. The van der Waals surface area contributed by atoms with Gasteiger partial charge in [0.1, 0.15) is 5.75 Å². The van der Waals surface area contributed by atoms with Crippen molar-refractivity contribution in [2.75, 3.05) is 12.4 Å². The summed E-state index contributed by atoms with van der Waals surface area (Å²) >= 11 is 9.47. The highest BCUT2D eigenvalue weighted by Gasteiger charge is 2.32. The molecule has 2 aromatic rings. The van der Waals surface area contributed by atoms with Crippen LogP contribution in [0.3, 0.4) is 0 Å². The summed E-state index contributed by atoms with van der Waals surface area (Å²) in [4.78, 5) is 0. The standard InChI is InChI=1S/C17H17BrClNO/c1-21-16-10-14(8-9-15(16)18)20-17(11-2-3-11)12-4-6-13(19)7-5-12/h4-11,17,20H,2-3H2,1H3. The first-order valence-electron chi connectivity index (χ1n) is 7.03. The van der Waals surface area contributed by atoms with Crippen LogP contribution in [-0.4, -0.2) is 7.11 Å². The fraction of sp³-hybridized carbons (Fsp3) is 0.294. The van der Waals surface area contributed by atoms with Gasteiger partial charge < -0.3 is 10.1 Å².